The molecule has 1 aromatic heterocycles. The zero-order chi connectivity index (χ0) is 24.6. The van der Waals surface area contributed by atoms with Gasteiger partial charge >= 0.3 is 0 Å². The van der Waals surface area contributed by atoms with E-state index in [4.69, 9.17) is 9.47 Å². The van der Waals surface area contributed by atoms with Gasteiger partial charge in [-0.3, -0.25) is 4.79 Å². The number of hydrogen-bond donors (Lipinski definition) is 2. The Hall–Kier alpha value is -1.80. The first-order valence-corrected chi connectivity index (χ1v) is 12.7. The molecule has 0 amide bonds. The van der Waals surface area contributed by atoms with Crippen molar-refractivity contribution in [1.82, 2.24) is 9.55 Å². The van der Waals surface area contributed by atoms with Crippen LogP contribution < -0.4 is 0 Å². The second kappa shape index (κ2) is 10.1. The highest BCUT2D eigenvalue weighted by Crippen LogP contribution is 2.46. The van der Waals surface area contributed by atoms with Crippen LogP contribution in [0.15, 0.2) is 18.2 Å². The smallest absolute Gasteiger partial charge is 0.140 e. The Morgan fingerprint density at radius 1 is 1.21 bits per heavy atom. The van der Waals surface area contributed by atoms with Crippen molar-refractivity contribution in [3.8, 4) is 0 Å². The quantitative estimate of drug-likeness (QED) is 0.609. The van der Waals surface area contributed by atoms with E-state index in [0.717, 1.165) is 48.1 Å². The van der Waals surface area contributed by atoms with Gasteiger partial charge in [0.15, 0.2) is 0 Å². The van der Waals surface area contributed by atoms with Gasteiger partial charge in [0, 0.05) is 32.4 Å². The number of benzene rings is 1. The van der Waals surface area contributed by atoms with E-state index in [-0.39, 0.29) is 35.9 Å². The zero-order valence-electron chi connectivity index (χ0n) is 21.2. The van der Waals surface area contributed by atoms with E-state index in [0.29, 0.717) is 13.0 Å². The number of imidazole rings is 1. The number of carbonyl (C=O) groups is 1. The van der Waals surface area contributed by atoms with Crippen molar-refractivity contribution in [1.29, 1.82) is 0 Å². The van der Waals surface area contributed by atoms with Crippen LogP contribution in [0.25, 0.3) is 11.0 Å². The van der Waals surface area contributed by atoms with Crippen LogP contribution in [0.2, 0.25) is 0 Å². The number of Topliss-reactive ketones (excluding diaryl/α,β-unsaturated/α-hetero) is 1. The number of aliphatic hydroxyl groups is 2. The summed E-state index contributed by atoms with van der Waals surface area (Å²) < 4.78 is 14.5. The number of aryl methyl sites for hydroxylation is 2. The highest BCUT2D eigenvalue weighted by Gasteiger charge is 2.52. The molecule has 4 rings (SSSR count). The molecule has 2 saturated heterocycles. The minimum Gasteiger partial charge on any atom is -0.393 e. The Bertz CT molecular complexity index is 1020. The molecule has 0 unspecified atom stereocenters. The van der Waals surface area contributed by atoms with Crippen molar-refractivity contribution in [2.45, 2.75) is 96.2 Å². The molecular weight excluding hydrogens is 432 g/mol. The number of hydrogen-bond acceptors (Lipinski definition) is 6. The fraction of sp³-hybridized carbons (Fsp3) is 0.704. The first-order chi connectivity index (χ1) is 16.1. The van der Waals surface area contributed by atoms with Crippen LogP contribution >= 0.6 is 0 Å². The summed E-state index contributed by atoms with van der Waals surface area (Å²) in [6.07, 6.45) is 2.29. The third-order valence-corrected chi connectivity index (χ3v) is 8.11. The summed E-state index contributed by atoms with van der Waals surface area (Å²) in [6.45, 7) is 8.26. The van der Waals surface area contributed by atoms with E-state index < -0.39 is 18.1 Å². The largest absolute Gasteiger partial charge is 0.393 e. The lowest BCUT2D eigenvalue weighted by Gasteiger charge is -2.25. The molecule has 188 valence electrons. The summed E-state index contributed by atoms with van der Waals surface area (Å²) in [5, 5.41) is 21.1. The summed E-state index contributed by atoms with van der Waals surface area (Å²) in [7, 11) is 2.01. The minimum atomic E-state index is -0.783. The van der Waals surface area contributed by atoms with Gasteiger partial charge in [-0.05, 0) is 56.7 Å². The van der Waals surface area contributed by atoms with E-state index in [9.17, 15) is 15.0 Å². The molecule has 7 atom stereocenters. The normalized spacial score (nSPS) is 36.4. The van der Waals surface area contributed by atoms with E-state index in [2.05, 4.69) is 34.7 Å². The van der Waals surface area contributed by atoms with E-state index in [1.807, 2.05) is 20.9 Å². The maximum absolute atomic E-state index is 12.6. The van der Waals surface area contributed by atoms with Crippen LogP contribution in [-0.2, 0) is 21.3 Å². The van der Waals surface area contributed by atoms with Crippen molar-refractivity contribution in [3.63, 3.8) is 0 Å². The molecule has 0 saturated carbocycles. The highest BCUT2D eigenvalue weighted by atomic mass is 16.6. The van der Waals surface area contributed by atoms with Crippen LogP contribution in [0.4, 0.5) is 0 Å². The van der Waals surface area contributed by atoms with Crippen molar-refractivity contribution in [2.75, 3.05) is 6.61 Å². The number of fused-ring (bicyclic) bond motifs is 2. The number of aromatic nitrogens is 2. The van der Waals surface area contributed by atoms with Crippen molar-refractivity contribution >= 4 is 16.8 Å². The SMILES string of the molecule is Cc1nc2cc([C@@H]3C[C@@H]4O[C@]4(C)CCC[C@H](C)[C@H](O)[C@@H](C)C(=O)C[C@@H](O)CCO3)ccc2n1C. The Kier molecular flexibility index (Phi) is 7.48. The lowest BCUT2D eigenvalue weighted by Crippen LogP contribution is -2.33. The number of nitrogens with zero attached hydrogens (tertiary/aromatic N) is 2. The average molecular weight is 473 g/mol. The summed E-state index contributed by atoms with van der Waals surface area (Å²) in [5.41, 5.74) is 2.90. The molecule has 7 nitrogen and oxygen atoms in total. The minimum absolute atomic E-state index is 0.0226. The second-order valence-corrected chi connectivity index (χ2v) is 10.7. The van der Waals surface area contributed by atoms with Crippen LogP contribution in [0.5, 0.6) is 0 Å². The molecule has 0 spiro atoms. The maximum atomic E-state index is 12.6. The Morgan fingerprint density at radius 3 is 2.74 bits per heavy atom. The van der Waals surface area contributed by atoms with Gasteiger partial charge in [0.2, 0.25) is 0 Å². The standard InChI is InChI=1S/C27H40N2O5/c1-16-7-6-11-27(4)25(34-27)15-24(19-8-9-22-21(13-19)28-18(3)29(22)5)33-12-10-20(30)14-23(31)17(2)26(16)32/h8-9,13,16-17,20,24-26,30,32H,6-7,10-12,14-15H2,1-5H3/t16-,17-,20-,24-,25-,26-,27+/m0/s1. The summed E-state index contributed by atoms with van der Waals surface area (Å²) in [4.78, 5) is 17.3. The zero-order valence-corrected chi connectivity index (χ0v) is 21.2. The fourth-order valence-electron chi connectivity index (χ4n) is 5.34. The number of rotatable bonds is 1. The number of ketones is 1. The fourth-order valence-corrected chi connectivity index (χ4v) is 5.34. The monoisotopic (exact) mass is 472 g/mol. The molecule has 0 bridgehead atoms. The van der Waals surface area contributed by atoms with Gasteiger partial charge in [0.25, 0.3) is 0 Å². The summed E-state index contributed by atoms with van der Waals surface area (Å²) >= 11 is 0. The molecule has 34 heavy (non-hydrogen) atoms. The van der Waals surface area contributed by atoms with Gasteiger partial charge in [-0.2, -0.15) is 0 Å². The topological polar surface area (TPSA) is 97.1 Å². The van der Waals surface area contributed by atoms with Gasteiger partial charge in [0.05, 0.1) is 41.1 Å². The molecule has 1 aromatic carbocycles. The molecule has 0 radical (unpaired) electrons. The first-order valence-electron chi connectivity index (χ1n) is 12.7. The second-order valence-electron chi connectivity index (χ2n) is 10.7. The Labute approximate surface area is 202 Å². The summed E-state index contributed by atoms with van der Waals surface area (Å²) in [6, 6.07) is 6.27. The third kappa shape index (κ3) is 5.38. The van der Waals surface area contributed by atoms with E-state index in [1.54, 1.807) is 6.92 Å². The molecule has 3 heterocycles. The molecule has 2 fully saturated rings. The predicted octanol–water partition coefficient (Wildman–Crippen LogP) is 4.01. The first kappa shape index (κ1) is 25.3. The number of ether oxygens (including phenoxy) is 2. The highest BCUT2D eigenvalue weighted by molar-refractivity contribution is 5.81. The van der Waals surface area contributed by atoms with Crippen LogP contribution in [0.1, 0.15) is 76.8 Å². The molecule has 7 heteroatoms. The van der Waals surface area contributed by atoms with E-state index >= 15 is 0 Å². The van der Waals surface area contributed by atoms with Crippen molar-refractivity contribution in [3.05, 3.63) is 29.6 Å². The van der Waals surface area contributed by atoms with Gasteiger partial charge in [-0.15, -0.1) is 0 Å². The average Bonchev–Trinajstić information content (AvgIpc) is 3.34. The number of carbonyl (C=O) groups excluding carboxylic acids is 1. The predicted molar refractivity (Wildman–Crippen MR) is 130 cm³/mol. The van der Waals surface area contributed by atoms with E-state index in [1.165, 1.54) is 0 Å². The van der Waals surface area contributed by atoms with Gasteiger partial charge in [-0.1, -0.05) is 26.3 Å². The lowest BCUT2D eigenvalue weighted by molar-refractivity contribution is -0.129. The van der Waals surface area contributed by atoms with Crippen LogP contribution in [0.3, 0.4) is 0 Å². The number of epoxide rings is 1. The Balaban J connectivity index is 1.53. The van der Waals surface area contributed by atoms with Crippen molar-refractivity contribution in [2.24, 2.45) is 18.9 Å². The van der Waals surface area contributed by atoms with Crippen LogP contribution in [0, 0.1) is 18.8 Å². The molecular formula is C27H40N2O5. The molecule has 0 aliphatic carbocycles. The number of aliphatic hydroxyl groups excluding tert-OH is 2. The molecule has 2 aromatic rings. The summed E-state index contributed by atoms with van der Waals surface area (Å²) in [5.74, 6) is 0.407. The Morgan fingerprint density at radius 2 is 1.97 bits per heavy atom. The van der Waals surface area contributed by atoms with Crippen LogP contribution in [-0.4, -0.2) is 56.1 Å². The van der Waals surface area contributed by atoms with Gasteiger partial charge in [0.1, 0.15) is 11.6 Å². The van der Waals surface area contributed by atoms with Crippen molar-refractivity contribution < 1.29 is 24.5 Å². The molecule has 2 N–H and O–H groups in total. The molecule has 2 aliphatic heterocycles. The maximum Gasteiger partial charge on any atom is 0.140 e. The third-order valence-electron chi connectivity index (χ3n) is 8.11. The van der Waals surface area contributed by atoms with Gasteiger partial charge < -0.3 is 24.3 Å². The lowest BCUT2D eigenvalue weighted by atomic mass is 9.84. The van der Waals surface area contributed by atoms with Gasteiger partial charge in [-0.25, -0.2) is 4.98 Å². The molecule has 2 aliphatic rings.